The molecule has 0 fully saturated rings. The van der Waals surface area contributed by atoms with Crippen molar-refractivity contribution in [2.24, 2.45) is 0 Å². The Morgan fingerprint density at radius 1 is 1.65 bits per heavy atom. The van der Waals surface area contributed by atoms with Gasteiger partial charge in [0.05, 0.1) is 6.26 Å². The van der Waals surface area contributed by atoms with E-state index in [0.717, 1.165) is 5.75 Å². The quantitative estimate of drug-likeness (QED) is 0.820. The summed E-state index contributed by atoms with van der Waals surface area (Å²) < 4.78 is 5.25. The molecule has 0 saturated heterocycles. The number of nitrogens with zero attached hydrogens (tertiary/aromatic N) is 1. The second-order valence-corrected chi connectivity index (χ2v) is 5.92. The molecule has 0 spiro atoms. The third-order valence-corrected chi connectivity index (χ3v) is 4.24. The molecule has 0 radical (unpaired) electrons. The molecule has 2 rings (SSSR count). The van der Waals surface area contributed by atoms with Crippen molar-refractivity contribution in [3.05, 3.63) is 29.5 Å². The molecular formula is C13H16N2O3S2. The normalized spacial score (nSPS) is 12.3. The van der Waals surface area contributed by atoms with Crippen LogP contribution in [0.2, 0.25) is 0 Å². The number of nitrogens with one attached hydrogen (secondary N) is 1. The van der Waals surface area contributed by atoms with Gasteiger partial charge in [-0.05, 0) is 24.8 Å². The van der Waals surface area contributed by atoms with Crippen molar-refractivity contribution < 1.29 is 14.3 Å². The maximum absolute atomic E-state index is 12.1. The molecule has 1 amide bonds. The van der Waals surface area contributed by atoms with Crippen LogP contribution in [0, 0.1) is 0 Å². The Labute approximate surface area is 125 Å². The van der Waals surface area contributed by atoms with E-state index in [1.54, 1.807) is 29.5 Å². The molecule has 0 aliphatic heterocycles. The summed E-state index contributed by atoms with van der Waals surface area (Å²) in [6.45, 7) is 0.0558. The van der Waals surface area contributed by atoms with E-state index in [4.69, 9.17) is 9.52 Å². The fourth-order valence-corrected chi connectivity index (χ4v) is 3.12. The number of thioether (sulfide) groups is 1. The number of aromatic nitrogens is 1. The number of carbonyl (C=O) groups excluding carboxylic acids is 1. The Hall–Kier alpha value is -1.31. The minimum Gasteiger partial charge on any atom is -0.462 e. The number of hydrogen-bond acceptors (Lipinski definition) is 6. The van der Waals surface area contributed by atoms with E-state index in [9.17, 15) is 4.79 Å². The summed E-state index contributed by atoms with van der Waals surface area (Å²) in [6, 6.07) is 3.55. The third-order valence-electron chi connectivity index (χ3n) is 2.65. The van der Waals surface area contributed by atoms with Crippen molar-refractivity contribution in [1.29, 1.82) is 0 Å². The van der Waals surface area contributed by atoms with Crippen LogP contribution < -0.4 is 5.32 Å². The van der Waals surface area contributed by atoms with E-state index in [0.29, 0.717) is 22.9 Å². The minimum atomic E-state index is -0.216. The molecule has 1 unspecified atom stereocenters. The highest BCUT2D eigenvalue weighted by Crippen LogP contribution is 2.23. The molecule has 108 valence electrons. The van der Waals surface area contributed by atoms with Crippen LogP contribution in [0.15, 0.2) is 28.2 Å². The Balaban J connectivity index is 2.02. The second-order valence-electron chi connectivity index (χ2n) is 4.15. The van der Waals surface area contributed by atoms with Crippen molar-refractivity contribution >= 4 is 29.0 Å². The molecule has 0 aromatic carbocycles. The second kappa shape index (κ2) is 7.47. The van der Waals surface area contributed by atoms with E-state index in [-0.39, 0.29) is 18.6 Å². The lowest BCUT2D eigenvalue weighted by Crippen LogP contribution is -2.37. The maximum Gasteiger partial charge on any atom is 0.271 e. The van der Waals surface area contributed by atoms with E-state index >= 15 is 0 Å². The number of carbonyl (C=O) groups is 1. The average molecular weight is 312 g/mol. The Morgan fingerprint density at radius 3 is 3.15 bits per heavy atom. The summed E-state index contributed by atoms with van der Waals surface area (Å²) in [5.41, 5.74) is 0.380. The number of hydrogen-bond donors (Lipinski definition) is 2. The predicted octanol–water partition coefficient (Wildman–Crippen LogP) is 2.25. The average Bonchev–Trinajstić information content (AvgIpc) is 3.10. The molecule has 1 atom stereocenters. The molecule has 0 aliphatic rings. The van der Waals surface area contributed by atoms with Crippen molar-refractivity contribution in [3.63, 3.8) is 0 Å². The fraction of sp³-hybridized carbons (Fsp3) is 0.385. The molecule has 7 heteroatoms. The van der Waals surface area contributed by atoms with E-state index in [1.807, 2.05) is 12.3 Å². The summed E-state index contributed by atoms with van der Waals surface area (Å²) >= 11 is 3.00. The van der Waals surface area contributed by atoms with E-state index in [2.05, 4.69) is 10.3 Å². The zero-order valence-electron chi connectivity index (χ0n) is 11.0. The first-order chi connectivity index (χ1) is 9.74. The molecule has 2 aromatic heterocycles. The standard InChI is InChI=1S/C13H16N2O3S2/c1-19-7-9(4-5-16)14-12(17)10-8-20-13(15-10)11-3-2-6-18-11/h2-3,6,8-9,16H,4-5,7H2,1H3,(H,14,17). The van der Waals surface area contributed by atoms with Gasteiger partial charge in [-0.2, -0.15) is 11.8 Å². The van der Waals surface area contributed by atoms with Gasteiger partial charge < -0.3 is 14.8 Å². The summed E-state index contributed by atoms with van der Waals surface area (Å²) in [7, 11) is 0. The summed E-state index contributed by atoms with van der Waals surface area (Å²) in [5.74, 6) is 1.21. The van der Waals surface area contributed by atoms with Crippen LogP contribution >= 0.6 is 23.1 Å². The fourth-order valence-electron chi connectivity index (χ4n) is 1.70. The molecule has 2 N–H and O–H groups in total. The Bertz CT molecular complexity index is 534. The minimum absolute atomic E-state index is 0.0451. The highest BCUT2D eigenvalue weighted by atomic mass is 32.2. The SMILES string of the molecule is CSCC(CCO)NC(=O)c1csc(-c2ccco2)n1. The van der Waals surface area contributed by atoms with Crippen molar-refractivity contribution in [2.75, 3.05) is 18.6 Å². The van der Waals surface area contributed by atoms with Gasteiger partial charge in [0, 0.05) is 23.8 Å². The Kier molecular flexibility index (Phi) is 5.63. The lowest BCUT2D eigenvalue weighted by molar-refractivity contribution is 0.0931. The zero-order chi connectivity index (χ0) is 14.4. The van der Waals surface area contributed by atoms with Crippen LogP contribution in [0.3, 0.4) is 0 Å². The van der Waals surface area contributed by atoms with Gasteiger partial charge in [-0.15, -0.1) is 11.3 Å². The summed E-state index contributed by atoms with van der Waals surface area (Å²) in [4.78, 5) is 16.4. The van der Waals surface area contributed by atoms with Crippen molar-refractivity contribution in [2.45, 2.75) is 12.5 Å². The first kappa shape index (κ1) is 15.1. The first-order valence-corrected chi connectivity index (χ1v) is 8.42. The van der Waals surface area contributed by atoms with Crippen LogP contribution in [-0.4, -0.2) is 40.7 Å². The van der Waals surface area contributed by atoms with Crippen LogP contribution in [-0.2, 0) is 0 Å². The van der Waals surface area contributed by atoms with Crippen molar-refractivity contribution in [3.8, 4) is 10.8 Å². The molecular weight excluding hydrogens is 296 g/mol. The number of furan rings is 1. The molecule has 0 bridgehead atoms. The van der Waals surface area contributed by atoms with Gasteiger partial charge in [0.2, 0.25) is 0 Å². The van der Waals surface area contributed by atoms with Crippen LogP contribution in [0.1, 0.15) is 16.9 Å². The van der Waals surface area contributed by atoms with Crippen LogP contribution in [0.4, 0.5) is 0 Å². The van der Waals surface area contributed by atoms with Crippen LogP contribution in [0.25, 0.3) is 10.8 Å². The van der Waals surface area contributed by atoms with Crippen molar-refractivity contribution in [1.82, 2.24) is 10.3 Å². The number of thiazole rings is 1. The Morgan fingerprint density at radius 2 is 2.50 bits per heavy atom. The van der Waals surface area contributed by atoms with Gasteiger partial charge in [0.25, 0.3) is 5.91 Å². The predicted molar refractivity (Wildman–Crippen MR) is 81.2 cm³/mol. The van der Waals surface area contributed by atoms with Gasteiger partial charge >= 0.3 is 0 Å². The zero-order valence-corrected chi connectivity index (χ0v) is 12.7. The van der Waals surface area contributed by atoms with Gasteiger partial charge in [0.15, 0.2) is 10.8 Å². The molecule has 5 nitrogen and oxygen atoms in total. The molecule has 2 aromatic rings. The molecule has 0 saturated carbocycles. The van der Waals surface area contributed by atoms with Crippen LogP contribution in [0.5, 0.6) is 0 Å². The topological polar surface area (TPSA) is 75.4 Å². The van der Waals surface area contributed by atoms with E-state index < -0.39 is 0 Å². The smallest absolute Gasteiger partial charge is 0.271 e. The monoisotopic (exact) mass is 312 g/mol. The summed E-state index contributed by atoms with van der Waals surface area (Å²) in [6.07, 6.45) is 4.09. The lowest BCUT2D eigenvalue weighted by atomic mass is 10.2. The van der Waals surface area contributed by atoms with Gasteiger partial charge in [-0.3, -0.25) is 4.79 Å². The summed E-state index contributed by atoms with van der Waals surface area (Å²) in [5, 5.41) is 14.3. The first-order valence-electron chi connectivity index (χ1n) is 6.14. The largest absolute Gasteiger partial charge is 0.462 e. The molecule has 0 aliphatic carbocycles. The molecule has 2 heterocycles. The number of aliphatic hydroxyl groups is 1. The number of amides is 1. The highest BCUT2D eigenvalue weighted by molar-refractivity contribution is 7.98. The molecule has 20 heavy (non-hydrogen) atoms. The number of rotatable bonds is 7. The van der Waals surface area contributed by atoms with Gasteiger partial charge in [0.1, 0.15) is 5.69 Å². The number of aliphatic hydroxyl groups excluding tert-OH is 1. The lowest BCUT2D eigenvalue weighted by Gasteiger charge is -2.15. The third kappa shape index (κ3) is 3.84. The maximum atomic E-state index is 12.1. The van der Waals surface area contributed by atoms with Gasteiger partial charge in [-0.25, -0.2) is 4.98 Å². The van der Waals surface area contributed by atoms with Gasteiger partial charge in [-0.1, -0.05) is 0 Å². The highest BCUT2D eigenvalue weighted by Gasteiger charge is 2.16. The van der Waals surface area contributed by atoms with E-state index in [1.165, 1.54) is 11.3 Å².